The molecule has 0 unspecified atom stereocenters. The Labute approximate surface area is 156 Å². The Balaban J connectivity index is 2.07. The summed E-state index contributed by atoms with van der Waals surface area (Å²) in [5.74, 6) is 0.118. The molecule has 132 valence electrons. The van der Waals surface area contributed by atoms with Gasteiger partial charge in [-0.25, -0.2) is 0 Å². The van der Waals surface area contributed by atoms with Gasteiger partial charge in [0.15, 0.2) is 0 Å². The second-order valence-electron chi connectivity index (χ2n) is 5.21. The molecule has 0 heterocycles. The fraction of sp³-hybridized carbons (Fsp3) is 0.222. The van der Waals surface area contributed by atoms with Crippen LogP contribution in [0, 0.1) is 0 Å². The molecular formula is C18H18Cl2N2O3. The fourth-order valence-corrected chi connectivity index (χ4v) is 2.47. The highest BCUT2D eigenvalue weighted by atomic mass is 35.5. The van der Waals surface area contributed by atoms with Crippen molar-refractivity contribution in [2.24, 2.45) is 0 Å². The Morgan fingerprint density at radius 1 is 1.08 bits per heavy atom. The summed E-state index contributed by atoms with van der Waals surface area (Å²) in [4.78, 5) is 25.5. The average molecular weight is 381 g/mol. The van der Waals surface area contributed by atoms with Crippen molar-refractivity contribution in [1.29, 1.82) is 0 Å². The van der Waals surface area contributed by atoms with Crippen molar-refractivity contribution in [3.05, 3.63) is 52.5 Å². The molecule has 0 fully saturated rings. The van der Waals surface area contributed by atoms with Crippen LogP contribution in [0.15, 0.2) is 42.5 Å². The average Bonchev–Trinajstić information content (AvgIpc) is 2.57. The monoisotopic (exact) mass is 380 g/mol. The molecule has 2 rings (SSSR count). The summed E-state index contributed by atoms with van der Waals surface area (Å²) in [5.41, 5.74) is 1.12. The third-order valence-corrected chi connectivity index (χ3v) is 4.08. The molecule has 25 heavy (non-hydrogen) atoms. The number of carbonyl (C=O) groups is 2. The van der Waals surface area contributed by atoms with E-state index in [0.717, 1.165) is 5.75 Å². The fourth-order valence-electron chi connectivity index (χ4n) is 2.18. The smallest absolute Gasteiger partial charge is 0.244 e. The highest BCUT2D eigenvalue weighted by Crippen LogP contribution is 2.27. The first-order valence-electron chi connectivity index (χ1n) is 7.66. The van der Waals surface area contributed by atoms with Crippen LogP contribution < -0.4 is 15.0 Å². The molecule has 0 bridgehead atoms. The van der Waals surface area contributed by atoms with Crippen LogP contribution in [0.5, 0.6) is 5.75 Å². The van der Waals surface area contributed by atoms with Crippen molar-refractivity contribution < 1.29 is 14.3 Å². The summed E-state index contributed by atoms with van der Waals surface area (Å²) in [7, 11) is 0. The summed E-state index contributed by atoms with van der Waals surface area (Å²) in [6.45, 7) is 3.71. The van der Waals surface area contributed by atoms with E-state index >= 15 is 0 Å². The number of hydrogen-bond acceptors (Lipinski definition) is 3. The molecule has 7 heteroatoms. The Morgan fingerprint density at radius 3 is 2.32 bits per heavy atom. The van der Waals surface area contributed by atoms with Gasteiger partial charge in [0.05, 0.1) is 16.7 Å². The quantitative estimate of drug-likeness (QED) is 0.808. The molecule has 2 aromatic carbocycles. The number of halogens is 2. The lowest BCUT2D eigenvalue weighted by Gasteiger charge is -2.21. The van der Waals surface area contributed by atoms with Gasteiger partial charge in [-0.2, -0.15) is 0 Å². The molecule has 1 N–H and O–H groups in total. The second kappa shape index (κ2) is 8.74. The van der Waals surface area contributed by atoms with Crippen molar-refractivity contribution in [2.45, 2.75) is 13.8 Å². The van der Waals surface area contributed by atoms with Gasteiger partial charge in [0.2, 0.25) is 11.8 Å². The van der Waals surface area contributed by atoms with Crippen molar-refractivity contribution in [3.63, 3.8) is 0 Å². The van der Waals surface area contributed by atoms with E-state index in [9.17, 15) is 9.59 Å². The van der Waals surface area contributed by atoms with Gasteiger partial charge in [0.1, 0.15) is 12.3 Å². The van der Waals surface area contributed by atoms with Crippen LogP contribution in [0.25, 0.3) is 0 Å². The Hall–Kier alpha value is -2.24. The number of ether oxygens (including phenoxy) is 1. The minimum Gasteiger partial charge on any atom is -0.494 e. The summed E-state index contributed by atoms with van der Waals surface area (Å²) in [6.07, 6.45) is 0. The van der Waals surface area contributed by atoms with E-state index in [4.69, 9.17) is 27.9 Å². The van der Waals surface area contributed by atoms with Gasteiger partial charge in [-0.15, -0.1) is 0 Å². The van der Waals surface area contributed by atoms with E-state index in [-0.39, 0.29) is 18.4 Å². The number of hydrogen-bond donors (Lipinski definition) is 1. The van der Waals surface area contributed by atoms with Crippen LogP contribution in [0.2, 0.25) is 10.0 Å². The first kappa shape index (κ1) is 19.1. The molecule has 0 radical (unpaired) electrons. The van der Waals surface area contributed by atoms with E-state index in [2.05, 4.69) is 5.32 Å². The standard InChI is InChI=1S/C18H18Cl2N2O3/c1-3-25-15-7-4-13(5-8-15)21-18(24)11-22(12(2)23)14-6-9-16(19)17(20)10-14/h4-10H,3,11H2,1-2H3,(H,21,24). The lowest BCUT2D eigenvalue weighted by molar-refractivity contribution is -0.120. The van der Waals surface area contributed by atoms with Crippen LogP contribution >= 0.6 is 23.2 Å². The van der Waals surface area contributed by atoms with Gasteiger partial charge in [0.25, 0.3) is 0 Å². The summed E-state index contributed by atoms with van der Waals surface area (Å²) in [6, 6.07) is 11.8. The number of carbonyl (C=O) groups excluding carboxylic acids is 2. The lowest BCUT2D eigenvalue weighted by Crippen LogP contribution is -2.36. The van der Waals surface area contributed by atoms with Crippen molar-refractivity contribution in [2.75, 3.05) is 23.4 Å². The molecule has 2 amide bonds. The third kappa shape index (κ3) is 5.37. The van der Waals surface area contributed by atoms with Gasteiger partial charge < -0.3 is 15.0 Å². The number of anilines is 2. The highest BCUT2D eigenvalue weighted by molar-refractivity contribution is 6.42. The van der Waals surface area contributed by atoms with Gasteiger partial charge in [0, 0.05) is 18.3 Å². The molecule has 0 aliphatic carbocycles. The highest BCUT2D eigenvalue weighted by Gasteiger charge is 2.17. The molecule has 0 spiro atoms. The van der Waals surface area contributed by atoms with E-state index < -0.39 is 0 Å². The van der Waals surface area contributed by atoms with E-state index in [1.165, 1.54) is 11.8 Å². The Bertz CT molecular complexity index is 763. The first-order valence-corrected chi connectivity index (χ1v) is 8.42. The first-order chi connectivity index (χ1) is 11.9. The van der Waals surface area contributed by atoms with Crippen molar-refractivity contribution in [1.82, 2.24) is 0 Å². The van der Waals surface area contributed by atoms with E-state index in [0.29, 0.717) is 28.0 Å². The van der Waals surface area contributed by atoms with Crippen LogP contribution in [0.4, 0.5) is 11.4 Å². The van der Waals surface area contributed by atoms with Gasteiger partial charge in [-0.1, -0.05) is 23.2 Å². The molecule has 0 saturated heterocycles. The zero-order valence-electron chi connectivity index (χ0n) is 13.9. The largest absolute Gasteiger partial charge is 0.494 e. The molecule has 0 aliphatic rings. The zero-order valence-corrected chi connectivity index (χ0v) is 15.4. The number of rotatable bonds is 6. The minimum absolute atomic E-state index is 0.138. The maximum atomic E-state index is 12.3. The van der Waals surface area contributed by atoms with Crippen LogP contribution in [-0.4, -0.2) is 25.0 Å². The van der Waals surface area contributed by atoms with Crippen molar-refractivity contribution >= 4 is 46.4 Å². The number of benzene rings is 2. The normalized spacial score (nSPS) is 10.2. The van der Waals surface area contributed by atoms with Gasteiger partial charge in [-0.3, -0.25) is 9.59 Å². The summed E-state index contributed by atoms with van der Waals surface area (Å²) >= 11 is 11.9. The Morgan fingerprint density at radius 2 is 1.76 bits per heavy atom. The van der Waals surface area contributed by atoms with Gasteiger partial charge in [-0.05, 0) is 49.4 Å². The summed E-state index contributed by atoms with van der Waals surface area (Å²) in [5, 5.41) is 3.44. The van der Waals surface area contributed by atoms with Crippen molar-refractivity contribution in [3.8, 4) is 5.75 Å². The SMILES string of the molecule is CCOc1ccc(NC(=O)CN(C(C)=O)c2ccc(Cl)c(Cl)c2)cc1. The number of amides is 2. The lowest BCUT2D eigenvalue weighted by atomic mass is 10.2. The van der Waals surface area contributed by atoms with E-state index in [1.807, 2.05) is 6.92 Å². The second-order valence-corrected chi connectivity index (χ2v) is 6.02. The van der Waals surface area contributed by atoms with Crippen LogP contribution in [0.3, 0.4) is 0 Å². The molecule has 0 saturated carbocycles. The van der Waals surface area contributed by atoms with Crippen LogP contribution in [-0.2, 0) is 9.59 Å². The molecule has 0 aliphatic heterocycles. The predicted octanol–water partition coefficient (Wildman–Crippen LogP) is 4.38. The molecule has 5 nitrogen and oxygen atoms in total. The zero-order chi connectivity index (χ0) is 18.4. The minimum atomic E-state index is -0.328. The summed E-state index contributed by atoms with van der Waals surface area (Å²) < 4.78 is 5.35. The molecular weight excluding hydrogens is 363 g/mol. The number of nitrogens with zero attached hydrogens (tertiary/aromatic N) is 1. The molecule has 0 aromatic heterocycles. The van der Waals surface area contributed by atoms with Gasteiger partial charge >= 0.3 is 0 Å². The third-order valence-electron chi connectivity index (χ3n) is 3.35. The Kier molecular flexibility index (Phi) is 6.67. The van der Waals surface area contributed by atoms with Crippen LogP contribution in [0.1, 0.15) is 13.8 Å². The predicted molar refractivity (Wildman–Crippen MR) is 101 cm³/mol. The molecule has 2 aromatic rings. The maximum absolute atomic E-state index is 12.3. The number of nitrogens with one attached hydrogen (secondary N) is 1. The van der Waals surface area contributed by atoms with E-state index in [1.54, 1.807) is 42.5 Å². The topological polar surface area (TPSA) is 58.6 Å². The molecule has 0 atom stereocenters. The maximum Gasteiger partial charge on any atom is 0.244 e.